The van der Waals surface area contributed by atoms with Crippen molar-refractivity contribution in [2.45, 2.75) is 26.6 Å². The minimum absolute atomic E-state index is 0.0258. The lowest BCUT2D eigenvalue weighted by Crippen LogP contribution is -2.25. The van der Waals surface area contributed by atoms with Gasteiger partial charge >= 0.3 is 13.6 Å². The van der Waals surface area contributed by atoms with Crippen LogP contribution in [0.5, 0.6) is 0 Å². The third kappa shape index (κ3) is 7.78. The fourth-order valence-corrected chi connectivity index (χ4v) is 5.06. The summed E-state index contributed by atoms with van der Waals surface area (Å²) in [5, 5.41) is 12.8. The van der Waals surface area contributed by atoms with Gasteiger partial charge in [-0.15, -0.1) is 11.8 Å². The molecule has 0 heterocycles. The van der Waals surface area contributed by atoms with E-state index >= 15 is 0 Å². The third-order valence-electron chi connectivity index (χ3n) is 3.73. The highest BCUT2D eigenvalue weighted by Crippen LogP contribution is 2.60. The summed E-state index contributed by atoms with van der Waals surface area (Å²) >= 11 is 1.13. The number of nitrogens with zero attached hydrogens (tertiary/aromatic N) is 1. The molecule has 0 aliphatic heterocycles. The van der Waals surface area contributed by atoms with Crippen molar-refractivity contribution in [3.63, 3.8) is 0 Å². The van der Waals surface area contributed by atoms with Crippen LogP contribution in [0.1, 0.15) is 32.1 Å². The van der Waals surface area contributed by atoms with Crippen LogP contribution in [0.25, 0.3) is 0 Å². The van der Waals surface area contributed by atoms with E-state index in [1.54, 1.807) is 44.4 Å². The van der Waals surface area contributed by atoms with Crippen LogP contribution in [0.15, 0.2) is 40.9 Å². The van der Waals surface area contributed by atoms with E-state index in [2.05, 4.69) is 5.32 Å². The van der Waals surface area contributed by atoms with Gasteiger partial charge in [-0.25, -0.2) is 4.79 Å². The van der Waals surface area contributed by atoms with Gasteiger partial charge in [0, 0.05) is 6.61 Å². The monoisotopic (exact) mass is 456 g/mol. The van der Waals surface area contributed by atoms with Crippen LogP contribution in [0, 0.1) is 11.3 Å². The molecule has 1 N–H and O–H groups in total. The Morgan fingerprint density at radius 2 is 1.77 bits per heavy atom. The van der Waals surface area contributed by atoms with E-state index in [0.29, 0.717) is 12.2 Å². The number of esters is 1. The van der Waals surface area contributed by atoms with Crippen molar-refractivity contribution in [3.05, 3.63) is 46.5 Å². The summed E-state index contributed by atoms with van der Waals surface area (Å²) in [7, 11) is -3.67. The van der Waals surface area contributed by atoms with Gasteiger partial charge < -0.3 is 23.8 Å². The zero-order valence-electron chi connectivity index (χ0n) is 17.8. The number of thioether (sulfide) groups is 1. The highest BCUT2D eigenvalue weighted by molar-refractivity contribution is 8.02. The number of carbonyl (C=O) groups is 1. The number of carbonyl (C=O) groups excluding carboxylic acids is 1. The van der Waals surface area contributed by atoms with E-state index in [1.165, 1.54) is 0 Å². The molecule has 1 rings (SSSR count). The van der Waals surface area contributed by atoms with Gasteiger partial charge in [0.25, 0.3) is 0 Å². The van der Waals surface area contributed by atoms with Gasteiger partial charge in [0.2, 0.25) is 0 Å². The number of nitrogens with one attached hydrogen (secondary N) is 1. The highest BCUT2D eigenvalue weighted by atomic mass is 32.2. The second kappa shape index (κ2) is 14.2. The maximum atomic E-state index is 13.5. The topological polar surface area (TPSA) is 107 Å². The van der Waals surface area contributed by atoms with Crippen molar-refractivity contribution in [2.24, 2.45) is 0 Å². The maximum absolute atomic E-state index is 13.5. The van der Waals surface area contributed by atoms with E-state index < -0.39 is 19.3 Å². The molecule has 0 aliphatic carbocycles. The lowest BCUT2D eigenvalue weighted by atomic mass is 10.2. The molecule has 1 aromatic carbocycles. The molecule has 1 unspecified atom stereocenters. The van der Waals surface area contributed by atoms with E-state index in [-0.39, 0.29) is 37.0 Å². The van der Waals surface area contributed by atoms with Crippen LogP contribution in [-0.4, -0.2) is 45.3 Å². The van der Waals surface area contributed by atoms with Crippen molar-refractivity contribution in [3.8, 4) is 6.07 Å². The van der Waals surface area contributed by atoms with Crippen LogP contribution in [0.3, 0.4) is 0 Å². The van der Waals surface area contributed by atoms with Gasteiger partial charge in [0.1, 0.15) is 12.7 Å². The fraction of sp³-hybridized carbons (Fsp3) is 0.500. The molecular weight excluding hydrogens is 427 g/mol. The van der Waals surface area contributed by atoms with Crippen molar-refractivity contribution in [1.82, 2.24) is 5.32 Å². The summed E-state index contributed by atoms with van der Waals surface area (Å²) in [6.45, 7) is 6.37. The summed E-state index contributed by atoms with van der Waals surface area (Å²) in [5.41, 5.74) is 0.413. The molecule has 0 bridgehead atoms. The Labute approximate surface area is 182 Å². The van der Waals surface area contributed by atoms with Gasteiger partial charge in [-0.3, -0.25) is 4.57 Å². The van der Waals surface area contributed by atoms with Gasteiger partial charge in [-0.05, 0) is 32.6 Å². The molecule has 0 saturated heterocycles. The molecule has 10 heteroatoms. The second-order valence-corrected chi connectivity index (χ2v) is 8.61. The fourth-order valence-electron chi connectivity index (χ4n) is 2.48. The van der Waals surface area contributed by atoms with Crippen LogP contribution < -0.4 is 5.32 Å². The van der Waals surface area contributed by atoms with Crippen molar-refractivity contribution >= 4 is 25.3 Å². The summed E-state index contributed by atoms with van der Waals surface area (Å²) in [5.74, 6) is -1.70. The molecule has 0 radical (unpaired) electrons. The highest BCUT2D eigenvalue weighted by Gasteiger charge is 2.38. The third-order valence-corrected chi connectivity index (χ3v) is 6.76. The maximum Gasteiger partial charge on any atom is 0.357 e. The van der Waals surface area contributed by atoms with Crippen molar-refractivity contribution in [2.75, 3.05) is 39.3 Å². The smallest absolute Gasteiger partial charge is 0.357 e. The first kappa shape index (κ1) is 26.2. The van der Waals surface area contributed by atoms with E-state index in [1.807, 2.05) is 19.1 Å². The minimum atomic E-state index is -3.67. The van der Waals surface area contributed by atoms with Gasteiger partial charge in [0.05, 0.1) is 24.8 Å². The Kier molecular flexibility index (Phi) is 12.4. The zero-order chi connectivity index (χ0) is 22.4. The summed E-state index contributed by atoms with van der Waals surface area (Å²) < 4.78 is 34.8. The number of hydrogen-bond donors (Lipinski definition) is 1. The standard InChI is InChI=1S/C20H29N2O6PS/c1-5-25-13-14-26-20(23)17(15-21)19(30-4)22-18(16-11-9-8-10-12-16)29(24,27-6-2)28-7-3/h8-12,18,22H,5-7,13-14H2,1-4H3/b19-17+. The van der Waals surface area contributed by atoms with E-state index in [9.17, 15) is 14.6 Å². The molecule has 1 aromatic rings. The predicted octanol–water partition coefficient (Wildman–Crippen LogP) is 4.22. The SMILES string of the molecule is CCOCCOC(=O)/C(C#N)=C(\NC(c1ccccc1)P(=O)(OCC)OCC)SC. The Bertz CT molecular complexity index is 771. The number of ether oxygens (including phenoxy) is 2. The number of rotatable bonds is 14. The normalized spacial score (nSPS) is 13.2. The number of hydrogen-bond acceptors (Lipinski definition) is 9. The number of nitriles is 1. The average molecular weight is 457 g/mol. The molecule has 30 heavy (non-hydrogen) atoms. The van der Waals surface area contributed by atoms with Gasteiger partial charge in [-0.2, -0.15) is 5.26 Å². The molecule has 0 aliphatic rings. The van der Waals surface area contributed by atoms with Crippen molar-refractivity contribution in [1.29, 1.82) is 5.26 Å². The first-order valence-electron chi connectivity index (χ1n) is 9.60. The Morgan fingerprint density at radius 1 is 1.13 bits per heavy atom. The lowest BCUT2D eigenvalue weighted by molar-refractivity contribution is -0.140. The van der Waals surface area contributed by atoms with Crippen LogP contribution in [0.2, 0.25) is 0 Å². The molecule has 0 fully saturated rings. The predicted molar refractivity (Wildman–Crippen MR) is 117 cm³/mol. The summed E-state index contributed by atoms with van der Waals surface area (Å²) in [4.78, 5) is 12.4. The van der Waals surface area contributed by atoms with Crippen molar-refractivity contribution < 1.29 is 27.9 Å². The molecule has 166 valence electrons. The number of benzene rings is 1. The second-order valence-electron chi connectivity index (χ2n) is 5.69. The zero-order valence-corrected chi connectivity index (χ0v) is 19.5. The Balaban J connectivity index is 3.29. The molecular formula is C20H29N2O6PS. The van der Waals surface area contributed by atoms with E-state index in [0.717, 1.165) is 11.8 Å². The van der Waals surface area contributed by atoms with Gasteiger partial charge in [-0.1, -0.05) is 30.3 Å². The quantitative estimate of drug-likeness (QED) is 0.145. The lowest BCUT2D eigenvalue weighted by Gasteiger charge is -2.29. The largest absolute Gasteiger partial charge is 0.459 e. The Morgan fingerprint density at radius 3 is 2.27 bits per heavy atom. The molecule has 0 spiro atoms. The molecule has 0 aromatic heterocycles. The molecule has 0 saturated carbocycles. The molecule has 1 atom stereocenters. The molecule has 0 amide bonds. The van der Waals surface area contributed by atoms with Crippen LogP contribution in [-0.2, 0) is 27.9 Å². The van der Waals surface area contributed by atoms with Crippen LogP contribution >= 0.6 is 19.4 Å². The average Bonchev–Trinajstić information content (AvgIpc) is 2.75. The van der Waals surface area contributed by atoms with Gasteiger partial charge in [0.15, 0.2) is 11.4 Å². The molecule has 8 nitrogen and oxygen atoms in total. The first-order chi connectivity index (χ1) is 14.5. The summed E-state index contributed by atoms with van der Waals surface area (Å²) in [6.07, 6.45) is 1.70. The van der Waals surface area contributed by atoms with E-state index in [4.69, 9.17) is 18.5 Å². The Hall–Kier alpha value is -1.82. The minimum Gasteiger partial charge on any atom is -0.459 e. The van der Waals surface area contributed by atoms with Crippen LogP contribution in [0.4, 0.5) is 0 Å². The first-order valence-corrected chi connectivity index (χ1v) is 12.4. The summed E-state index contributed by atoms with van der Waals surface area (Å²) in [6, 6.07) is 10.8.